The topological polar surface area (TPSA) is 104 Å². The number of nitrogens with one attached hydrogen (secondary N) is 2. The van der Waals surface area contributed by atoms with Crippen LogP contribution in [0.1, 0.15) is 29.8 Å². The first-order valence-corrected chi connectivity index (χ1v) is 11.9. The van der Waals surface area contributed by atoms with Crippen molar-refractivity contribution in [1.82, 2.24) is 10.2 Å². The van der Waals surface area contributed by atoms with Gasteiger partial charge < -0.3 is 20.7 Å². The van der Waals surface area contributed by atoms with Crippen LogP contribution < -0.4 is 15.8 Å². The zero-order valence-electron chi connectivity index (χ0n) is 18.7. The molecule has 33 heavy (non-hydrogen) atoms. The maximum atomic E-state index is 15.2. The number of hydrogen-bond donors (Lipinski definition) is 3. The lowest BCUT2D eigenvalue weighted by Gasteiger charge is -2.35. The quantitative estimate of drug-likeness (QED) is 0.460. The molecule has 0 aromatic heterocycles. The first-order chi connectivity index (χ1) is 15.8. The van der Waals surface area contributed by atoms with E-state index in [-0.39, 0.29) is 24.3 Å². The van der Waals surface area contributed by atoms with E-state index in [1.807, 2.05) is 19.9 Å². The lowest BCUT2D eigenvalue weighted by Crippen LogP contribution is -2.43. The van der Waals surface area contributed by atoms with Gasteiger partial charge in [0.05, 0.1) is 13.2 Å². The van der Waals surface area contributed by atoms with E-state index in [0.29, 0.717) is 46.9 Å². The summed E-state index contributed by atoms with van der Waals surface area (Å²) in [5.41, 5.74) is 5.72. The molecule has 2 aromatic carbocycles. The van der Waals surface area contributed by atoms with Crippen LogP contribution in [0.2, 0.25) is 0 Å². The monoisotopic (exact) mass is 469 g/mol. The smallest absolute Gasteiger partial charge is 0.257 e. The molecule has 0 aliphatic carbocycles. The highest BCUT2D eigenvalue weighted by Crippen LogP contribution is 2.47. The average Bonchev–Trinajstić information content (AvgIpc) is 3.19. The molecule has 4 rings (SSSR count). The van der Waals surface area contributed by atoms with Gasteiger partial charge in [0, 0.05) is 29.3 Å². The van der Waals surface area contributed by atoms with E-state index < -0.39 is 11.4 Å². The van der Waals surface area contributed by atoms with Crippen LogP contribution in [0.4, 0.5) is 4.39 Å². The van der Waals surface area contributed by atoms with Gasteiger partial charge in [0.1, 0.15) is 17.1 Å². The van der Waals surface area contributed by atoms with Crippen LogP contribution in [-0.4, -0.2) is 47.4 Å². The number of carbonyl (C=O) groups is 1. The molecular weight excluding hydrogens is 441 g/mol. The fraction of sp³-hybridized carbons (Fsp3) is 0.375. The Morgan fingerprint density at radius 1 is 1.36 bits per heavy atom. The molecule has 174 valence electrons. The van der Waals surface area contributed by atoms with Crippen LogP contribution in [0.5, 0.6) is 5.75 Å². The molecule has 0 radical (unpaired) electrons. The largest absolute Gasteiger partial charge is 0.493 e. The fourth-order valence-electron chi connectivity index (χ4n) is 4.17. The van der Waals surface area contributed by atoms with Crippen molar-refractivity contribution in [1.29, 1.82) is 5.41 Å². The van der Waals surface area contributed by atoms with Crippen LogP contribution in [-0.2, 0) is 5.54 Å². The third-order valence-corrected chi connectivity index (χ3v) is 6.89. The Bertz CT molecular complexity index is 1080. The highest BCUT2D eigenvalue weighted by atomic mass is 32.2. The lowest BCUT2D eigenvalue weighted by molar-refractivity contribution is 0.0977. The molecule has 0 bridgehead atoms. The number of fused-ring (bicyclic) bond motifs is 1. The van der Waals surface area contributed by atoms with E-state index in [9.17, 15) is 4.79 Å². The van der Waals surface area contributed by atoms with Crippen molar-refractivity contribution >= 4 is 28.8 Å². The molecule has 0 spiro atoms. The van der Waals surface area contributed by atoms with Gasteiger partial charge in [-0.3, -0.25) is 10.2 Å². The van der Waals surface area contributed by atoms with E-state index in [0.717, 1.165) is 0 Å². The summed E-state index contributed by atoms with van der Waals surface area (Å²) in [5.74, 6) is 0.669. The Kier molecular flexibility index (Phi) is 6.60. The van der Waals surface area contributed by atoms with E-state index in [1.54, 1.807) is 41.3 Å². The van der Waals surface area contributed by atoms with Crippen molar-refractivity contribution in [3.8, 4) is 5.75 Å². The van der Waals surface area contributed by atoms with E-state index in [4.69, 9.17) is 20.9 Å². The van der Waals surface area contributed by atoms with Gasteiger partial charge in [-0.25, -0.2) is 9.38 Å². The zero-order valence-corrected chi connectivity index (χ0v) is 19.5. The molecule has 4 N–H and O–H groups in total. The van der Waals surface area contributed by atoms with Gasteiger partial charge >= 0.3 is 0 Å². The number of carbonyl (C=O) groups excluding carboxylic acids is 1. The molecule has 0 unspecified atom stereocenters. The number of amidine groups is 1. The molecule has 2 heterocycles. The molecule has 0 saturated carbocycles. The number of amides is 1. The Labute approximate surface area is 197 Å². The minimum atomic E-state index is -0.989. The first kappa shape index (κ1) is 23.1. The minimum Gasteiger partial charge on any atom is -0.493 e. The molecule has 7 nitrogen and oxygen atoms in total. The number of halogens is 1. The van der Waals surface area contributed by atoms with Crippen molar-refractivity contribution in [2.45, 2.75) is 19.4 Å². The highest BCUT2D eigenvalue weighted by molar-refractivity contribution is 8.13. The molecule has 1 amide bonds. The standard InChI is InChI=1S/C24H28FN5O2S/c1-15(2)12-32-18-8-9-20(25)19(10-18)24-14-30(22(26)27)11-17(24)13-33-23(29-24)28-21(31)16-6-4-3-5-7-16/h3-10,15,17H,11-14H2,1-2H3,(H3,26,27)(H,28,29,31)/t17-,24-/m0/s1. The average molecular weight is 470 g/mol. The van der Waals surface area contributed by atoms with Crippen LogP contribution in [0.25, 0.3) is 0 Å². The van der Waals surface area contributed by atoms with Gasteiger partial charge in [0.15, 0.2) is 11.1 Å². The number of hydrogen-bond acceptors (Lipinski definition) is 5. The molecular formula is C24H28FN5O2S. The molecule has 2 atom stereocenters. The van der Waals surface area contributed by atoms with Crippen LogP contribution in [0.15, 0.2) is 53.5 Å². The van der Waals surface area contributed by atoms with Gasteiger partial charge in [-0.05, 0) is 36.2 Å². The van der Waals surface area contributed by atoms with Crippen molar-refractivity contribution < 1.29 is 13.9 Å². The molecule has 2 aliphatic heterocycles. The van der Waals surface area contributed by atoms with Gasteiger partial charge in [-0.1, -0.05) is 43.8 Å². The molecule has 2 aromatic rings. The summed E-state index contributed by atoms with van der Waals surface area (Å²) in [7, 11) is 0. The van der Waals surface area contributed by atoms with Gasteiger partial charge in [0.2, 0.25) is 0 Å². The summed E-state index contributed by atoms with van der Waals surface area (Å²) >= 11 is 1.42. The van der Waals surface area contributed by atoms with E-state index >= 15 is 4.39 Å². The number of guanidine groups is 1. The number of ether oxygens (including phenoxy) is 1. The number of aliphatic imine (C=N–C) groups is 1. The summed E-state index contributed by atoms with van der Waals surface area (Å²) in [6, 6.07) is 13.6. The minimum absolute atomic E-state index is 0.0773. The predicted octanol–water partition coefficient (Wildman–Crippen LogP) is 3.41. The summed E-state index contributed by atoms with van der Waals surface area (Å²) in [4.78, 5) is 19.3. The van der Waals surface area contributed by atoms with Crippen LogP contribution in [0, 0.1) is 23.1 Å². The molecule has 2 aliphatic rings. The Hall–Kier alpha value is -3.07. The summed E-state index contributed by atoms with van der Waals surface area (Å²) in [6.07, 6.45) is 0. The third-order valence-electron chi connectivity index (χ3n) is 5.86. The normalized spacial score (nSPS) is 22.0. The maximum Gasteiger partial charge on any atom is 0.257 e. The van der Waals surface area contributed by atoms with E-state index in [2.05, 4.69) is 5.32 Å². The van der Waals surface area contributed by atoms with Crippen LogP contribution in [0.3, 0.4) is 0 Å². The number of thioether (sulfide) groups is 1. The number of likely N-dealkylation sites (tertiary alicyclic amines) is 1. The van der Waals surface area contributed by atoms with Gasteiger partial charge in [-0.15, -0.1) is 0 Å². The van der Waals surface area contributed by atoms with Crippen LogP contribution >= 0.6 is 11.8 Å². The summed E-state index contributed by atoms with van der Waals surface area (Å²) < 4.78 is 21.1. The second-order valence-electron chi connectivity index (χ2n) is 8.78. The third kappa shape index (κ3) is 4.83. The number of nitrogens with two attached hydrogens (primary N) is 1. The first-order valence-electron chi connectivity index (χ1n) is 10.9. The number of rotatable bonds is 5. The van der Waals surface area contributed by atoms with Crippen molar-refractivity contribution in [2.24, 2.45) is 22.6 Å². The summed E-state index contributed by atoms with van der Waals surface area (Å²) in [6.45, 7) is 5.35. The Balaban J connectivity index is 1.72. The predicted molar refractivity (Wildman–Crippen MR) is 129 cm³/mol. The maximum absolute atomic E-state index is 15.2. The Morgan fingerprint density at radius 3 is 2.82 bits per heavy atom. The van der Waals surface area contributed by atoms with Gasteiger partial charge in [-0.2, -0.15) is 0 Å². The Morgan fingerprint density at radius 2 is 2.12 bits per heavy atom. The van der Waals surface area contributed by atoms with E-state index in [1.165, 1.54) is 17.8 Å². The van der Waals surface area contributed by atoms with Gasteiger partial charge in [0.25, 0.3) is 5.91 Å². The summed E-state index contributed by atoms with van der Waals surface area (Å²) in [5, 5.41) is 11.2. The number of nitrogens with zero attached hydrogens (tertiary/aromatic N) is 2. The van der Waals surface area contributed by atoms with Crippen molar-refractivity contribution in [2.75, 3.05) is 25.4 Å². The second-order valence-corrected chi connectivity index (χ2v) is 9.79. The second kappa shape index (κ2) is 9.43. The van der Waals surface area contributed by atoms with Crippen molar-refractivity contribution in [3.63, 3.8) is 0 Å². The highest BCUT2D eigenvalue weighted by Gasteiger charge is 2.52. The molecule has 9 heteroatoms. The molecule has 1 fully saturated rings. The fourth-order valence-corrected chi connectivity index (χ4v) is 5.30. The number of benzene rings is 2. The van der Waals surface area contributed by atoms with Crippen molar-refractivity contribution in [3.05, 3.63) is 65.5 Å². The SMILES string of the molecule is CC(C)COc1ccc(F)c([C@]23CN(C(=N)N)C[C@H]2CSC(NC(=O)c2ccccc2)=N3)c1. The lowest BCUT2D eigenvalue weighted by atomic mass is 9.81. The zero-order chi connectivity index (χ0) is 23.6. The molecule has 1 saturated heterocycles.